The first-order chi connectivity index (χ1) is 14.3. The molecule has 0 amide bonds. The molecule has 0 bridgehead atoms. The Morgan fingerprint density at radius 1 is 1.07 bits per heavy atom. The summed E-state index contributed by atoms with van der Waals surface area (Å²) < 4.78 is 22.9. The minimum Gasteiger partial charge on any atom is -0.480 e. The Bertz CT molecular complexity index is 925. The van der Waals surface area contributed by atoms with Gasteiger partial charge < -0.3 is 20.2 Å². The summed E-state index contributed by atoms with van der Waals surface area (Å²) in [5, 5.41) is 30.9. The zero-order valence-corrected chi connectivity index (χ0v) is 17.5. The van der Waals surface area contributed by atoms with Crippen molar-refractivity contribution >= 4 is 22.4 Å². The van der Waals surface area contributed by atoms with Gasteiger partial charge in [-0.25, -0.2) is 18.1 Å². The van der Waals surface area contributed by atoms with Crippen LogP contribution in [-0.2, 0) is 21.9 Å². The van der Waals surface area contributed by atoms with Crippen LogP contribution in [0.25, 0.3) is 0 Å². The number of fused-ring (bicyclic) bond motifs is 1. The van der Waals surface area contributed by atoms with Crippen molar-refractivity contribution < 1.29 is 28.5 Å². The van der Waals surface area contributed by atoms with Crippen LogP contribution in [0, 0.1) is 0 Å². The molecular formula is C21H26N2O6S. The Morgan fingerprint density at radius 2 is 1.63 bits per heavy atom. The molecule has 3 rings (SSSR count). The topological polar surface area (TPSA) is 118 Å². The molecule has 0 fully saturated rings. The van der Waals surface area contributed by atoms with Crippen molar-refractivity contribution in [3.63, 3.8) is 0 Å². The first-order valence-electron chi connectivity index (χ1n) is 9.74. The van der Waals surface area contributed by atoms with Gasteiger partial charge in [0.05, 0.1) is 0 Å². The number of benzene rings is 2. The fourth-order valence-electron chi connectivity index (χ4n) is 3.81. The fraction of sp³-hybridized carbons (Fsp3) is 0.381. The number of carbonyl (C=O) groups is 1. The van der Waals surface area contributed by atoms with E-state index in [0.29, 0.717) is 16.8 Å². The second kappa shape index (κ2) is 9.57. The molecule has 0 aromatic heterocycles. The van der Waals surface area contributed by atoms with E-state index < -0.39 is 41.0 Å². The largest absolute Gasteiger partial charge is 0.480 e. The summed E-state index contributed by atoms with van der Waals surface area (Å²) in [6.45, 7) is 2.05. The average Bonchev–Trinajstić information content (AvgIpc) is 2.97. The van der Waals surface area contributed by atoms with Crippen molar-refractivity contribution in [1.29, 1.82) is 0 Å². The molecule has 0 spiro atoms. The molecular weight excluding hydrogens is 408 g/mol. The van der Waals surface area contributed by atoms with Gasteiger partial charge in [-0.2, -0.15) is 0 Å². The number of rotatable bonds is 9. The SMILES string of the molecule is CCc1ccc(N(C[SH](=O)=O)C(CCN2C(O)c3ccccc3C2O)C(=O)O)cc1. The van der Waals surface area contributed by atoms with E-state index in [4.69, 9.17) is 0 Å². The van der Waals surface area contributed by atoms with Gasteiger partial charge in [0.25, 0.3) is 0 Å². The summed E-state index contributed by atoms with van der Waals surface area (Å²) in [6, 6.07) is 12.9. The molecule has 1 heterocycles. The number of hydrogen-bond donors (Lipinski definition) is 4. The predicted molar refractivity (Wildman–Crippen MR) is 113 cm³/mol. The molecule has 2 aromatic rings. The number of thiol groups is 1. The first kappa shape index (κ1) is 22.2. The van der Waals surface area contributed by atoms with Crippen LogP contribution < -0.4 is 4.90 Å². The van der Waals surface area contributed by atoms with Gasteiger partial charge in [0.15, 0.2) is 10.7 Å². The molecule has 0 radical (unpaired) electrons. The molecule has 0 saturated carbocycles. The molecule has 3 N–H and O–H groups in total. The number of aliphatic carboxylic acids is 1. The molecule has 0 aliphatic carbocycles. The highest BCUT2D eigenvalue weighted by Gasteiger charge is 2.37. The molecule has 8 nitrogen and oxygen atoms in total. The first-order valence-corrected chi connectivity index (χ1v) is 11.1. The van der Waals surface area contributed by atoms with E-state index >= 15 is 0 Å². The number of carboxylic acids is 1. The van der Waals surface area contributed by atoms with Crippen LogP contribution in [0.5, 0.6) is 0 Å². The second-order valence-electron chi connectivity index (χ2n) is 7.22. The normalized spacial score (nSPS) is 19.6. The maximum atomic E-state index is 12.0. The predicted octanol–water partition coefficient (Wildman–Crippen LogP) is 1.47. The zero-order valence-electron chi connectivity index (χ0n) is 16.6. The Balaban J connectivity index is 1.81. The lowest BCUT2D eigenvalue weighted by molar-refractivity contribution is -0.139. The minimum atomic E-state index is -2.86. The molecule has 2 aromatic carbocycles. The van der Waals surface area contributed by atoms with E-state index in [1.165, 1.54) is 9.80 Å². The monoisotopic (exact) mass is 434 g/mol. The standard InChI is InChI=1S/C21H26N2O6S/c1-2-14-7-9-15(10-8-14)23(13-30(28)29)18(21(26)27)11-12-22-19(24)16-5-3-4-6-17(16)20(22)25/h3-10,18-20,24-25,30H,2,11-13H2,1H3,(H,26,27). The third kappa shape index (κ3) is 4.65. The lowest BCUT2D eigenvalue weighted by Crippen LogP contribution is -2.44. The van der Waals surface area contributed by atoms with Gasteiger partial charge in [-0.15, -0.1) is 0 Å². The van der Waals surface area contributed by atoms with Crippen LogP contribution in [0.1, 0.15) is 42.5 Å². The smallest absolute Gasteiger partial charge is 0.326 e. The lowest BCUT2D eigenvalue weighted by Gasteiger charge is -2.32. The van der Waals surface area contributed by atoms with Gasteiger partial charge in [0, 0.05) is 23.4 Å². The third-order valence-corrected chi connectivity index (χ3v) is 5.98. The zero-order chi connectivity index (χ0) is 21.8. The molecule has 162 valence electrons. The second-order valence-corrected chi connectivity index (χ2v) is 8.17. The third-order valence-electron chi connectivity index (χ3n) is 5.45. The van der Waals surface area contributed by atoms with E-state index in [9.17, 15) is 28.5 Å². The number of aliphatic hydroxyl groups is 2. The van der Waals surface area contributed by atoms with Crippen LogP contribution in [-0.4, -0.2) is 53.1 Å². The Kier molecular flexibility index (Phi) is 7.09. The van der Waals surface area contributed by atoms with E-state index in [1.807, 2.05) is 19.1 Å². The van der Waals surface area contributed by atoms with E-state index in [-0.39, 0.29) is 13.0 Å². The quantitative estimate of drug-likeness (QED) is 0.438. The number of aliphatic hydroxyl groups excluding tert-OH is 2. The highest BCUT2D eigenvalue weighted by molar-refractivity contribution is 7.72. The van der Waals surface area contributed by atoms with Crippen LogP contribution in [0.4, 0.5) is 5.69 Å². The molecule has 9 heteroatoms. The van der Waals surface area contributed by atoms with Crippen molar-refractivity contribution in [3.8, 4) is 0 Å². The van der Waals surface area contributed by atoms with Crippen LogP contribution in [0.2, 0.25) is 0 Å². The number of anilines is 1. The van der Waals surface area contributed by atoms with Gasteiger partial charge in [0.2, 0.25) is 0 Å². The van der Waals surface area contributed by atoms with Crippen molar-refractivity contribution in [3.05, 3.63) is 65.2 Å². The summed E-state index contributed by atoms with van der Waals surface area (Å²) in [4.78, 5) is 14.8. The van der Waals surface area contributed by atoms with Gasteiger partial charge in [-0.05, 0) is 30.5 Å². The molecule has 1 aliphatic heterocycles. The number of hydrogen-bond acceptors (Lipinski definition) is 7. The van der Waals surface area contributed by atoms with Crippen LogP contribution >= 0.6 is 0 Å². The highest BCUT2D eigenvalue weighted by Crippen LogP contribution is 2.39. The number of aryl methyl sites for hydroxylation is 1. The van der Waals surface area contributed by atoms with E-state index in [0.717, 1.165) is 12.0 Å². The number of carboxylic acid groups (broad SMARTS) is 1. The molecule has 3 unspecified atom stereocenters. The van der Waals surface area contributed by atoms with Crippen LogP contribution in [0.3, 0.4) is 0 Å². The van der Waals surface area contributed by atoms with Crippen molar-refractivity contribution in [2.24, 2.45) is 0 Å². The van der Waals surface area contributed by atoms with Crippen molar-refractivity contribution in [2.45, 2.75) is 38.3 Å². The maximum Gasteiger partial charge on any atom is 0.326 e. The highest BCUT2D eigenvalue weighted by atomic mass is 32.2. The van der Waals surface area contributed by atoms with Crippen LogP contribution in [0.15, 0.2) is 48.5 Å². The van der Waals surface area contributed by atoms with E-state index in [2.05, 4.69) is 0 Å². The number of nitrogens with zero attached hydrogens (tertiary/aromatic N) is 2. The maximum absolute atomic E-state index is 12.0. The minimum absolute atomic E-state index is 0.0101. The van der Waals surface area contributed by atoms with E-state index in [1.54, 1.807) is 36.4 Å². The molecule has 30 heavy (non-hydrogen) atoms. The Labute approximate surface area is 176 Å². The average molecular weight is 435 g/mol. The summed E-state index contributed by atoms with van der Waals surface area (Å²) in [5.74, 6) is -1.62. The summed E-state index contributed by atoms with van der Waals surface area (Å²) in [6.07, 6.45) is -1.29. The fourth-order valence-corrected chi connectivity index (χ4v) is 4.42. The van der Waals surface area contributed by atoms with Gasteiger partial charge >= 0.3 is 5.97 Å². The molecule has 1 aliphatic rings. The van der Waals surface area contributed by atoms with Gasteiger partial charge in [-0.3, -0.25) is 0 Å². The van der Waals surface area contributed by atoms with Gasteiger partial charge in [0.1, 0.15) is 24.4 Å². The summed E-state index contributed by atoms with van der Waals surface area (Å²) >= 11 is 0. The summed E-state index contributed by atoms with van der Waals surface area (Å²) in [7, 11) is -2.86. The Morgan fingerprint density at radius 3 is 2.10 bits per heavy atom. The van der Waals surface area contributed by atoms with Crippen molar-refractivity contribution in [1.82, 2.24) is 4.90 Å². The molecule has 3 atom stereocenters. The molecule has 0 saturated heterocycles. The summed E-state index contributed by atoms with van der Waals surface area (Å²) in [5.41, 5.74) is 2.70. The Hall–Kier alpha value is -2.46. The van der Waals surface area contributed by atoms with Gasteiger partial charge in [-0.1, -0.05) is 43.3 Å². The lowest BCUT2D eigenvalue weighted by atomic mass is 10.1. The van der Waals surface area contributed by atoms with Crippen molar-refractivity contribution in [2.75, 3.05) is 17.3 Å².